The number of para-hydroxylation sites is 1. The standard InChI is InChI=1S/C11H15N3O3/c1-8(6-11(12)15)13-7-9-4-2-3-5-10(9)14(16)17/h2-5,8,13H,6-7H2,1H3,(H2,12,15). The van der Waals surface area contributed by atoms with Crippen LogP contribution >= 0.6 is 0 Å². The number of rotatable bonds is 6. The number of nitro benzene ring substituents is 1. The minimum Gasteiger partial charge on any atom is -0.370 e. The van der Waals surface area contributed by atoms with Gasteiger partial charge in [0.05, 0.1) is 4.92 Å². The van der Waals surface area contributed by atoms with Gasteiger partial charge in [-0.25, -0.2) is 0 Å². The highest BCUT2D eigenvalue weighted by Crippen LogP contribution is 2.17. The highest BCUT2D eigenvalue weighted by molar-refractivity contribution is 5.74. The van der Waals surface area contributed by atoms with E-state index in [2.05, 4.69) is 5.32 Å². The van der Waals surface area contributed by atoms with Crippen molar-refractivity contribution in [1.29, 1.82) is 0 Å². The Hall–Kier alpha value is -1.95. The summed E-state index contributed by atoms with van der Waals surface area (Å²) >= 11 is 0. The number of nitrogens with one attached hydrogen (secondary N) is 1. The van der Waals surface area contributed by atoms with E-state index in [1.54, 1.807) is 25.1 Å². The Kier molecular flexibility index (Phi) is 4.59. The lowest BCUT2D eigenvalue weighted by atomic mass is 10.1. The van der Waals surface area contributed by atoms with E-state index in [1.165, 1.54) is 6.07 Å². The van der Waals surface area contributed by atoms with E-state index in [4.69, 9.17) is 5.73 Å². The first-order valence-electron chi connectivity index (χ1n) is 5.24. The number of carbonyl (C=O) groups excluding carboxylic acids is 1. The van der Waals surface area contributed by atoms with Gasteiger partial charge in [0.15, 0.2) is 0 Å². The minimum absolute atomic E-state index is 0.0753. The summed E-state index contributed by atoms with van der Waals surface area (Å²) in [6, 6.07) is 6.39. The van der Waals surface area contributed by atoms with Gasteiger partial charge in [0.1, 0.15) is 0 Å². The molecule has 0 radical (unpaired) electrons. The summed E-state index contributed by atoms with van der Waals surface area (Å²) in [5.74, 6) is -0.396. The van der Waals surface area contributed by atoms with Crippen LogP contribution in [0.15, 0.2) is 24.3 Å². The summed E-state index contributed by atoms with van der Waals surface area (Å²) in [4.78, 5) is 21.0. The fourth-order valence-corrected chi connectivity index (χ4v) is 1.50. The van der Waals surface area contributed by atoms with E-state index < -0.39 is 10.8 Å². The van der Waals surface area contributed by atoms with Crippen LogP contribution in [0.25, 0.3) is 0 Å². The van der Waals surface area contributed by atoms with Gasteiger partial charge in [-0.3, -0.25) is 14.9 Å². The quantitative estimate of drug-likeness (QED) is 0.568. The highest BCUT2D eigenvalue weighted by Gasteiger charge is 2.13. The maximum absolute atomic E-state index is 10.7. The van der Waals surface area contributed by atoms with E-state index in [-0.39, 0.29) is 18.2 Å². The van der Waals surface area contributed by atoms with E-state index in [0.717, 1.165) is 0 Å². The second-order valence-electron chi connectivity index (χ2n) is 3.84. The normalized spacial score (nSPS) is 12.1. The van der Waals surface area contributed by atoms with Crippen LogP contribution < -0.4 is 11.1 Å². The van der Waals surface area contributed by atoms with Gasteiger partial charge in [-0.2, -0.15) is 0 Å². The molecule has 6 nitrogen and oxygen atoms in total. The average Bonchev–Trinajstić information content (AvgIpc) is 2.25. The van der Waals surface area contributed by atoms with Gasteiger partial charge in [-0.05, 0) is 6.92 Å². The molecule has 92 valence electrons. The molecule has 0 heterocycles. The van der Waals surface area contributed by atoms with E-state index in [0.29, 0.717) is 12.1 Å². The Morgan fingerprint density at radius 1 is 1.53 bits per heavy atom. The van der Waals surface area contributed by atoms with Crippen molar-refractivity contribution in [3.05, 3.63) is 39.9 Å². The Balaban J connectivity index is 2.63. The SMILES string of the molecule is CC(CC(N)=O)NCc1ccccc1[N+](=O)[O-]. The van der Waals surface area contributed by atoms with Gasteiger partial charge in [0.2, 0.25) is 5.91 Å². The van der Waals surface area contributed by atoms with Gasteiger partial charge >= 0.3 is 0 Å². The van der Waals surface area contributed by atoms with Gasteiger partial charge in [0, 0.05) is 30.6 Å². The topological polar surface area (TPSA) is 98.3 Å². The third-order valence-electron chi connectivity index (χ3n) is 2.34. The molecule has 1 aromatic rings. The van der Waals surface area contributed by atoms with Crippen molar-refractivity contribution in [2.24, 2.45) is 5.73 Å². The predicted octanol–water partition coefficient (Wildman–Crippen LogP) is 0.948. The average molecular weight is 237 g/mol. The van der Waals surface area contributed by atoms with Crippen LogP contribution in [0.5, 0.6) is 0 Å². The molecule has 1 atom stereocenters. The Morgan fingerprint density at radius 3 is 2.76 bits per heavy atom. The lowest BCUT2D eigenvalue weighted by Gasteiger charge is -2.11. The summed E-state index contributed by atoms with van der Waals surface area (Å²) in [6.45, 7) is 2.14. The third kappa shape index (κ3) is 4.20. The zero-order valence-corrected chi connectivity index (χ0v) is 9.55. The summed E-state index contributed by atoms with van der Waals surface area (Å²) in [7, 11) is 0. The highest BCUT2D eigenvalue weighted by atomic mass is 16.6. The van der Waals surface area contributed by atoms with E-state index in [9.17, 15) is 14.9 Å². The second-order valence-corrected chi connectivity index (χ2v) is 3.84. The van der Waals surface area contributed by atoms with Crippen LogP contribution in [0.3, 0.4) is 0 Å². The lowest BCUT2D eigenvalue weighted by molar-refractivity contribution is -0.385. The summed E-state index contributed by atoms with van der Waals surface area (Å²) in [5, 5.41) is 13.8. The molecule has 0 fully saturated rings. The summed E-state index contributed by atoms with van der Waals surface area (Å²) in [6.07, 6.45) is 0.209. The molecule has 0 saturated heterocycles. The maximum atomic E-state index is 10.7. The molecular weight excluding hydrogens is 222 g/mol. The zero-order valence-electron chi connectivity index (χ0n) is 9.55. The number of carbonyl (C=O) groups is 1. The van der Waals surface area contributed by atoms with Crippen LogP contribution in [0.4, 0.5) is 5.69 Å². The molecule has 1 unspecified atom stereocenters. The van der Waals surface area contributed by atoms with Crippen molar-refractivity contribution in [2.45, 2.75) is 25.9 Å². The van der Waals surface area contributed by atoms with E-state index >= 15 is 0 Å². The largest absolute Gasteiger partial charge is 0.370 e. The lowest BCUT2D eigenvalue weighted by Crippen LogP contribution is -2.30. The molecule has 0 aliphatic heterocycles. The number of nitrogens with two attached hydrogens (primary N) is 1. The first-order valence-corrected chi connectivity index (χ1v) is 5.24. The fraction of sp³-hybridized carbons (Fsp3) is 0.364. The Bertz CT molecular complexity index is 420. The smallest absolute Gasteiger partial charge is 0.273 e. The molecule has 0 aromatic heterocycles. The number of hydrogen-bond acceptors (Lipinski definition) is 4. The maximum Gasteiger partial charge on any atom is 0.273 e. The number of nitrogens with zero attached hydrogens (tertiary/aromatic N) is 1. The zero-order chi connectivity index (χ0) is 12.8. The first-order chi connectivity index (χ1) is 8.00. The van der Waals surface area contributed by atoms with Crippen molar-refractivity contribution < 1.29 is 9.72 Å². The number of nitro groups is 1. The first kappa shape index (κ1) is 13.1. The molecule has 6 heteroatoms. The number of benzene rings is 1. The monoisotopic (exact) mass is 237 g/mol. The van der Waals surface area contributed by atoms with Gasteiger partial charge in [-0.1, -0.05) is 18.2 Å². The van der Waals surface area contributed by atoms with Gasteiger partial charge in [-0.15, -0.1) is 0 Å². The Morgan fingerprint density at radius 2 is 2.18 bits per heavy atom. The summed E-state index contributed by atoms with van der Waals surface area (Å²) < 4.78 is 0. The van der Waals surface area contributed by atoms with Crippen molar-refractivity contribution in [2.75, 3.05) is 0 Å². The third-order valence-corrected chi connectivity index (χ3v) is 2.34. The van der Waals surface area contributed by atoms with Gasteiger partial charge in [0.25, 0.3) is 5.69 Å². The van der Waals surface area contributed by atoms with Crippen LogP contribution in [0, 0.1) is 10.1 Å². The molecule has 0 spiro atoms. The number of amides is 1. The fourth-order valence-electron chi connectivity index (χ4n) is 1.50. The summed E-state index contributed by atoms with van der Waals surface area (Å²) in [5.41, 5.74) is 5.72. The number of hydrogen-bond donors (Lipinski definition) is 2. The molecule has 0 bridgehead atoms. The van der Waals surface area contributed by atoms with Crippen molar-refractivity contribution in [1.82, 2.24) is 5.32 Å². The van der Waals surface area contributed by atoms with Crippen molar-refractivity contribution in [3.63, 3.8) is 0 Å². The molecule has 3 N–H and O–H groups in total. The molecule has 0 aliphatic carbocycles. The minimum atomic E-state index is -0.421. The molecule has 1 rings (SSSR count). The van der Waals surface area contributed by atoms with Crippen LogP contribution in [0.1, 0.15) is 18.9 Å². The van der Waals surface area contributed by atoms with Crippen LogP contribution in [0.2, 0.25) is 0 Å². The molecule has 1 aromatic carbocycles. The molecular formula is C11H15N3O3. The van der Waals surface area contributed by atoms with Crippen LogP contribution in [-0.2, 0) is 11.3 Å². The molecule has 0 aliphatic rings. The van der Waals surface area contributed by atoms with Gasteiger partial charge < -0.3 is 11.1 Å². The number of primary amides is 1. The van der Waals surface area contributed by atoms with Crippen LogP contribution in [-0.4, -0.2) is 16.9 Å². The van der Waals surface area contributed by atoms with Crippen molar-refractivity contribution in [3.8, 4) is 0 Å². The van der Waals surface area contributed by atoms with Crippen molar-refractivity contribution >= 4 is 11.6 Å². The molecule has 0 saturated carbocycles. The molecule has 17 heavy (non-hydrogen) atoms. The second kappa shape index (κ2) is 5.95. The predicted molar refractivity (Wildman–Crippen MR) is 63.2 cm³/mol. The molecule has 1 amide bonds. The van der Waals surface area contributed by atoms with E-state index in [1.807, 2.05) is 0 Å². The Labute approximate surface area is 99.0 Å².